The molecule has 2 aromatic rings. The van der Waals surface area contributed by atoms with Crippen molar-refractivity contribution in [2.45, 2.75) is 79.2 Å². The van der Waals surface area contributed by atoms with Gasteiger partial charge in [-0.15, -0.1) is 0 Å². The van der Waals surface area contributed by atoms with Gasteiger partial charge in [-0.25, -0.2) is 14.8 Å². The molecule has 0 saturated carbocycles. The summed E-state index contributed by atoms with van der Waals surface area (Å²) in [5, 5.41) is 23.3. The Morgan fingerprint density at radius 2 is 1.34 bits per heavy atom. The quantitative estimate of drug-likeness (QED) is 0.122. The fourth-order valence-corrected chi connectivity index (χ4v) is 3.67. The van der Waals surface area contributed by atoms with Crippen LogP contribution in [0.15, 0.2) is 24.8 Å². The van der Waals surface area contributed by atoms with Gasteiger partial charge in [-0.3, -0.25) is 44.4 Å². The van der Waals surface area contributed by atoms with E-state index in [1.807, 2.05) is 32.6 Å². The van der Waals surface area contributed by atoms with E-state index in [1.165, 1.54) is 10.8 Å². The molecule has 2 aromatic heterocycles. The second-order valence-corrected chi connectivity index (χ2v) is 10.5. The van der Waals surface area contributed by atoms with Crippen LogP contribution in [0.3, 0.4) is 0 Å². The maximum absolute atomic E-state index is 12.9. The molecule has 0 saturated heterocycles. The first-order valence-electron chi connectivity index (χ1n) is 13.8. The monoisotopic (exact) mass is 745 g/mol. The third-order valence-corrected chi connectivity index (χ3v) is 6.02. The van der Waals surface area contributed by atoms with Crippen molar-refractivity contribution in [3.8, 4) is 0 Å². The Bertz CT molecular complexity index is 1240. The van der Waals surface area contributed by atoms with Crippen molar-refractivity contribution in [1.29, 1.82) is 0 Å². The van der Waals surface area contributed by atoms with Crippen molar-refractivity contribution in [3.05, 3.63) is 36.4 Å². The smallest absolute Gasteiger partial charge is 0.545 e. The largest absolute Gasteiger partial charge is 4.00 e. The number of nitrogens with one attached hydrogen (secondary N) is 2. The van der Waals surface area contributed by atoms with Crippen molar-refractivity contribution in [2.75, 3.05) is 13.1 Å². The number of ketones is 1. The molecule has 18 heteroatoms. The van der Waals surface area contributed by atoms with E-state index < -0.39 is 35.7 Å². The minimum atomic E-state index is -1.34. The molecule has 1 radical (unpaired) electrons. The molecule has 0 aliphatic carbocycles. The second kappa shape index (κ2) is 25.7. The fourth-order valence-electron chi connectivity index (χ4n) is 3.67. The Hall–Kier alpha value is -4.41. The topological polar surface area (TPSA) is 240 Å². The Morgan fingerprint density at radius 1 is 0.872 bits per heavy atom. The molecule has 0 spiro atoms. The summed E-state index contributed by atoms with van der Waals surface area (Å²) in [5.74, 6) is -2.26. The Morgan fingerprint density at radius 3 is 1.74 bits per heavy atom. The van der Waals surface area contributed by atoms with Crippen LogP contribution in [0.1, 0.15) is 58.6 Å². The zero-order chi connectivity index (χ0) is 35.9. The molecule has 0 aliphatic heterocycles. The van der Waals surface area contributed by atoms with E-state index in [0.717, 1.165) is 6.42 Å². The maximum atomic E-state index is 12.9. The van der Waals surface area contributed by atoms with Gasteiger partial charge in [0.25, 0.3) is 0 Å². The van der Waals surface area contributed by atoms with Crippen LogP contribution in [-0.4, -0.2) is 103 Å². The number of rotatable bonds is 17. The average Bonchev–Trinajstić information content (AvgIpc) is 3.64. The predicted molar refractivity (Wildman–Crippen MR) is 163 cm³/mol. The molecule has 2 heterocycles. The molecular formula is C29H42N7O10Tc+. The predicted octanol–water partition coefficient (Wildman–Crippen LogP) is -0.167. The van der Waals surface area contributed by atoms with Crippen molar-refractivity contribution in [3.63, 3.8) is 0 Å². The number of carbonyl (C=O) groups excluding carboxylic acids is 6. The molecule has 0 aliphatic rings. The van der Waals surface area contributed by atoms with Gasteiger partial charge in [-0.05, 0) is 12.8 Å². The van der Waals surface area contributed by atoms with E-state index in [2.05, 4.69) is 41.0 Å². The number of amides is 2. The molecule has 47 heavy (non-hydrogen) atoms. The van der Waals surface area contributed by atoms with E-state index in [-0.39, 0.29) is 70.9 Å². The summed E-state index contributed by atoms with van der Waals surface area (Å²) >= 11 is 0. The van der Waals surface area contributed by atoms with Gasteiger partial charge >= 0.3 is 32.0 Å². The standard InChI is InChI=1S/C26H39N7O7.3CHO.Tc/c1-5-8-29-22(35)16-32-11-9-27-20(32)14-31(13-19(34)26(2,3)4)15-21-28-10-12-33(21)17-23(36)30-18(25(39)40)6-7-24(37)38;3*1-2;/h9-12,18H,5-8,13-17H2,1-4H3,(H,29,35)(H,30,36)(H,37,38)(H,39,40);3*1H;/q;3*-1;+4/t18-;;;;/m0..../s1. The van der Waals surface area contributed by atoms with Gasteiger partial charge < -0.3 is 44.4 Å². The normalized spacial score (nSPS) is 10.7. The van der Waals surface area contributed by atoms with E-state index >= 15 is 0 Å². The van der Waals surface area contributed by atoms with E-state index in [0.29, 0.717) is 18.2 Å². The molecule has 0 fully saturated rings. The Labute approximate surface area is 286 Å². The van der Waals surface area contributed by atoms with Gasteiger partial charge in [0, 0.05) is 43.2 Å². The number of Topliss-reactive ketones (excluding diaryl/α,β-unsaturated/α-hetero) is 1. The van der Waals surface area contributed by atoms with Crippen LogP contribution in [0.2, 0.25) is 0 Å². The minimum absolute atomic E-state index is 0. The summed E-state index contributed by atoms with van der Waals surface area (Å²) in [6.07, 6.45) is 6.49. The number of nitrogens with zero attached hydrogens (tertiary/aromatic N) is 5. The first-order chi connectivity index (χ1) is 21.8. The van der Waals surface area contributed by atoms with Crippen molar-refractivity contribution < 1.29 is 68.7 Å². The van der Waals surface area contributed by atoms with Crippen LogP contribution in [0.5, 0.6) is 0 Å². The van der Waals surface area contributed by atoms with Crippen LogP contribution in [0.4, 0.5) is 0 Å². The SMILES string of the molecule is CCCNC(=O)Cn1ccnc1CN(CC(=O)C(C)(C)C)Cc1nccn1CC(=O)N[C@@H](CCC(=O)O)C(=O)O.[CH-]=O.[CH-]=O.[CH-]=O.[Tc+4]. The van der Waals surface area contributed by atoms with Crippen molar-refractivity contribution >= 4 is 49.9 Å². The minimum Gasteiger partial charge on any atom is -0.545 e. The summed E-state index contributed by atoms with van der Waals surface area (Å²) in [5.41, 5.74) is -0.606. The number of carbonyl (C=O) groups is 5. The van der Waals surface area contributed by atoms with Crippen LogP contribution < -0.4 is 10.6 Å². The van der Waals surface area contributed by atoms with E-state index in [4.69, 9.17) is 19.5 Å². The zero-order valence-corrected chi connectivity index (χ0v) is 28.6. The molecule has 1 atom stereocenters. The number of carboxylic acid groups (broad SMARTS) is 2. The number of carboxylic acids is 2. The molecule has 4 N–H and O–H groups in total. The number of hydrogen-bond acceptors (Lipinski definition) is 11. The van der Waals surface area contributed by atoms with E-state index in [9.17, 15) is 29.1 Å². The summed E-state index contributed by atoms with van der Waals surface area (Å²) in [6, 6.07) is -1.34. The molecule has 0 bridgehead atoms. The molecule has 17 nitrogen and oxygen atoms in total. The third kappa shape index (κ3) is 19.0. The van der Waals surface area contributed by atoms with Crippen molar-refractivity contribution in [1.82, 2.24) is 34.6 Å². The van der Waals surface area contributed by atoms with Crippen LogP contribution in [0, 0.1) is 5.41 Å². The number of hydrogen-bond donors (Lipinski definition) is 4. The summed E-state index contributed by atoms with van der Waals surface area (Å²) < 4.78 is 3.24. The molecule has 0 unspecified atom stereocenters. The molecular weight excluding hydrogens is 704 g/mol. The Kier molecular flexibility index (Phi) is 25.7. The van der Waals surface area contributed by atoms with Gasteiger partial charge in [0.05, 0.1) is 19.6 Å². The average molecular weight is 747 g/mol. The van der Waals surface area contributed by atoms with Gasteiger partial charge in [-0.2, -0.15) is 0 Å². The Balaban J connectivity index is -0.00000261. The summed E-state index contributed by atoms with van der Waals surface area (Å²) in [4.78, 5) is 93.9. The first-order valence-corrected chi connectivity index (χ1v) is 13.8. The van der Waals surface area contributed by atoms with Gasteiger partial charge in [0.2, 0.25) is 11.8 Å². The zero-order valence-electron chi connectivity index (χ0n) is 26.8. The molecule has 259 valence electrons. The number of aromatic nitrogens is 4. The van der Waals surface area contributed by atoms with Gasteiger partial charge in [0.15, 0.2) is 5.78 Å². The first kappa shape index (κ1) is 47.0. The maximum Gasteiger partial charge on any atom is 4.00 e. The van der Waals surface area contributed by atoms with Crippen LogP contribution in [-0.2, 0) is 84.6 Å². The second-order valence-electron chi connectivity index (χ2n) is 10.5. The summed E-state index contributed by atoms with van der Waals surface area (Å²) in [6.45, 7) is 18.0. The summed E-state index contributed by atoms with van der Waals surface area (Å²) in [7, 11) is 0. The van der Waals surface area contributed by atoms with Crippen LogP contribution >= 0.6 is 0 Å². The molecule has 2 rings (SSSR count). The van der Waals surface area contributed by atoms with Gasteiger partial charge in [-0.1, -0.05) is 27.7 Å². The molecule has 0 aromatic carbocycles. The fraction of sp³-hybridized carbons (Fsp3) is 0.517. The number of aliphatic carboxylic acids is 2. The molecule has 2 amide bonds. The van der Waals surface area contributed by atoms with Crippen LogP contribution in [0.25, 0.3) is 0 Å². The number of imidazole rings is 2. The third-order valence-electron chi connectivity index (χ3n) is 6.02. The van der Waals surface area contributed by atoms with Gasteiger partial charge in [0.1, 0.15) is 30.8 Å². The van der Waals surface area contributed by atoms with Crippen molar-refractivity contribution in [2.24, 2.45) is 5.41 Å². The van der Waals surface area contributed by atoms with E-state index in [1.54, 1.807) is 23.2 Å².